The molecule has 0 aromatic carbocycles. The van der Waals surface area contributed by atoms with Crippen LogP contribution in [-0.4, -0.2) is 46.9 Å². The van der Waals surface area contributed by atoms with Crippen LogP contribution in [-0.2, 0) is 14.3 Å². The summed E-state index contributed by atoms with van der Waals surface area (Å²) in [4.78, 5) is 26.1. The van der Waals surface area contributed by atoms with Crippen molar-refractivity contribution in [2.75, 3.05) is 6.61 Å². The van der Waals surface area contributed by atoms with Crippen LogP contribution in [0.1, 0.15) is 226 Å². The second-order valence-electron chi connectivity index (χ2n) is 17.2. The lowest BCUT2D eigenvalue weighted by molar-refractivity contribution is -0.151. The van der Waals surface area contributed by atoms with Crippen molar-refractivity contribution < 1.29 is 24.5 Å². The molecule has 0 aliphatic carbocycles. The highest BCUT2D eigenvalue weighted by molar-refractivity contribution is 5.77. The highest BCUT2D eigenvalue weighted by Crippen LogP contribution is 2.17. The lowest BCUT2D eigenvalue weighted by Crippen LogP contribution is -2.46. The molecule has 0 saturated heterocycles. The van der Waals surface area contributed by atoms with Gasteiger partial charge in [-0.1, -0.05) is 227 Å². The van der Waals surface area contributed by atoms with Crippen molar-refractivity contribution in [2.45, 2.75) is 244 Å². The summed E-state index contributed by atoms with van der Waals surface area (Å²) >= 11 is 0. The molecule has 6 heteroatoms. The molecule has 6 nitrogen and oxygen atoms in total. The lowest BCUT2D eigenvalue weighted by Gasteiger charge is -2.24. The van der Waals surface area contributed by atoms with E-state index in [4.69, 9.17) is 4.74 Å². The Morgan fingerprint density at radius 2 is 0.937 bits per heavy atom. The predicted octanol–water partition coefficient (Wildman–Crippen LogP) is 15.7. The summed E-state index contributed by atoms with van der Waals surface area (Å²) in [5.74, 6) is -0.570. The molecule has 1 amide bonds. The minimum Gasteiger partial charge on any atom is -0.462 e. The lowest BCUT2D eigenvalue weighted by atomic mass is 10.0. The van der Waals surface area contributed by atoms with Gasteiger partial charge in [-0.3, -0.25) is 9.59 Å². The first-order valence-electron chi connectivity index (χ1n) is 26.0. The number of carbonyl (C=O) groups excluding carboxylic acids is 2. The molecule has 0 spiro atoms. The number of carbonyl (C=O) groups is 2. The first-order valence-corrected chi connectivity index (χ1v) is 26.0. The molecule has 0 aliphatic rings. The van der Waals surface area contributed by atoms with Crippen LogP contribution in [0.25, 0.3) is 0 Å². The smallest absolute Gasteiger partial charge is 0.306 e. The second-order valence-corrected chi connectivity index (χ2v) is 17.2. The predicted molar refractivity (Wildman–Crippen MR) is 273 cm³/mol. The van der Waals surface area contributed by atoms with Gasteiger partial charge in [-0.2, -0.15) is 0 Å². The van der Waals surface area contributed by atoms with Crippen LogP contribution in [0.2, 0.25) is 0 Å². The second kappa shape index (κ2) is 49.8. The summed E-state index contributed by atoms with van der Waals surface area (Å²) < 4.78 is 5.90. The quantitative estimate of drug-likeness (QED) is 0.0245. The fourth-order valence-electron chi connectivity index (χ4n) is 7.35. The minimum atomic E-state index is -0.808. The van der Waals surface area contributed by atoms with Crippen molar-refractivity contribution in [1.82, 2.24) is 5.32 Å². The van der Waals surface area contributed by atoms with E-state index in [1.807, 2.05) is 0 Å². The van der Waals surface area contributed by atoms with Gasteiger partial charge in [-0.15, -0.1) is 0 Å². The summed E-state index contributed by atoms with van der Waals surface area (Å²) in [6.07, 6.45) is 66.1. The molecular formula is C57H97NO5. The Hall–Kier alpha value is -3.22. The van der Waals surface area contributed by atoms with E-state index >= 15 is 0 Å². The van der Waals surface area contributed by atoms with E-state index in [0.717, 1.165) is 103 Å². The Morgan fingerprint density at radius 3 is 1.46 bits per heavy atom. The van der Waals surface area contributed by atoms with Gasteiger partial charge in [0.25, 0.3) is 0 Å². The number of allylic oxidation sites excluding steroid dienone is 16. The van der Waals surface area contributed by atoms with Crippen molar-refractivity contribution >= 4 is 11.9 Å². The topological polar surface area (TPSA) is 95.9 Å². The Bertz CT molecular complexity index is 1260. The summed E-state index contributed by atoms with van der Waals surface area (Å²) in [6.45, 7) is 6.22. The van der Waals surface area contributed by atoms with E-state index in [2.05, 4.69) is 123 Å². The van der Waals surface area contributed by atoms with Crippen LogP contribution < -0.4 is 5.32 Å². The summed E-state index contributed by atoms with van der Waals surface area (Å²) in [6, 6.07) is -0.725. The third-order valence-electron chi connectivity index (χ3n) is 11.2. The zero-order chi connectivity index (χ0) is 45.9. The number of unbranched alkanes of at least 4 members (excludes halogenated alkanes) is 19. The van der Waals surface area contributed by atoms with Gasteiger partial charge < -0.3 is 20.3 Å². The van der Waals surface area contributed by atoms with E-state index in [1.54, 1.807) is 0 Å². The molecule has 0 radical (unpaired) electrons. The van der Waals surface area contributed by atoms with E-state index < -0.39 is 18.2 Å². The maximum absolute atomic E-state index is 13.2. The standard InChI is InChI=1S/C57H97NO5/c1-4-7-10-13-16-19-22-25-27-28-29-32-35-38-41-44-47-50-57(62)63-53(48-45-42-39-36-33-30-24-21-18-15-12-9-6-3)51-56(61)58-54(52-59)55(60)49-46-43-40-37-34-31-26-23-20-17-14-11-8-5-2/h7,9-10,12,15-16,18-19,21,24-25,27,29,32,38,41,53-55,59-60H,4-6,8,11,13-14,17,20,22-23,26,28,30-31,33-37,39-40,42-52H2,1-3H3,(H,58,61)/b10-7-,12-9+,18-15+,19-16-,24-21+,27-25-,32-29-,41-38-. The molecule has 3 unspecified atom stereocenters. The van der Waals surface area contributed by atoms with Gasteiger partial charge in [0, 0.05) is 6.42 Å². The highest BCUT2D eigenvalue weighted by atomic mass is 16.5. The molecule has 0 fully saturated rings. The number of hydrogen-bond donors (Lipinski definition) is 3. The zero-order valence-electron chi connectivity index (χ0n) is 40.9. The molecule has 0 aromatic heterocycles. The largest absolute Gasteiger partial charge is 0.462 e. The van der Waals surface area contributed by atoms with Crippen molar-refractivity contribution in [3.05, 3.63) is 97.2 Å². The highest BCUT2D eigenvalue weighted by Gasteiger charge is 2.24. The maximum atomic E-state index is 13.2. The summed E-state index contributed by atoms with van der Waals surface area (Å²) in [7, 11) is 0. The Balaban J connectivity index is 4.69. The Kier molecular flexibility index (Phi) is 47.2. The molecule has 3 atom stereocenters. The summed E-state index contributed by atoms with van der Waals surface area (Å²) in [5.41, 5.74) is 0. The van der Waals surface area contributed by atoms with Gasteiger partial charge in [-0.25, -0.2) is 0 Å². The molecule has 0 aromatic rings. The van der Waals surface area contributed by atoms with Gasteiger partial charge in [0.05, 0.1) is 25.2 Å². The molecule has 3 N–H and O–H groups in total. The van der Waals surface area contributed by atoms with Crippen molar-refractivity contribution in [1.29, 1.82) is 0 Å². The van der Waals surface area contributed by atoms with Gasteiger partial charge >= 0.3 is 5.97 Å². The van der Waals surface area contributed by atoms with Gasteiger partial charge in [-0.05, 0) is 83.5 Å². The number of nitrogens with one attached hydrogen (secondary N) is 1. The fourth-order valence-corrected chi connectivity index (χ4v) is 7.35. The number of esters is 1. The molecule has 0 heterocycles. The van der Waals surface area contributed by atoms with E-state index in [1.165, 1.54) is 70.6 Å². The van der Waals surface area contributed by atoms with Crippen LogP contribution in [0.3, 0.4) is 0 Å². The fraction of sp³-hybridized carbons (Fsp3) is 0.684. The molecular weight excluding hydrogens is 779 g/mol. The van der Waals surface area contributed by atoms with Crippen LogP contribution in [0.5, 0.6) is 0 Å². The SMILES string of the molecule is CC/C=C\C/C=C\C/C=C\C/C=C\C/C=C\CCCC(=O)OC(CCCCCCC/C=C/C=C/C=C/CC)CC(=O)NC(CO)C(O)CCCCCCCCCCCCCCCC. The zero-order valence-corrected chi connectivity index (χ0v) is 40.9. The summed E-state index contributed by atoms with van der Waals surface area (Å²) in [5, 5.41) is 23.8. The number of amides is 1. The number of ether oxygens (including phenoxy) is 1. The molecule has 0 rings (SSSR count). The van der Waals surface area contributed by atoms with E-state index in [0.29, 0.717) is 25.7 Å². The van der Waals surface area contributed by atoms with Crippen molar-refractivity contribution in [3.63, 3.8) is 0 Å². The van der Waals surface area contributed by atoms with Crippen LogP contribution in [0.15, 0.2) is 97.2 Å². The molecule has 63 heavy (non-hydrogen) atoms. The van der Waals surface area contributed by atoms with Crippen LogP contribution >= 0.6 is 0 Å². The average molecular weight is 876 g/mol. The van der Waals surface area contributed by atoms with Crippen LogP contribution in [0.4, 0.5) is 0 Å². The number of aliphatic hydroxyl groups excluding tert-OH is 2. The average Bonchev–Trinajstić information content (AvgIpc) is 3.28. The van der Waals surface area contributed by atoms with Crippen molar-refractivity contribution in [3.8, 4) is 0 Å². The van der Waals surface area contributed by atoms with Gasteiger partial charge in [0.2, 0.25) is 5.91 Å². The van der Waals surface area contributed by atoms with E-state index in [9.17, 15) is 19.8 Å². The first kappa shape index (κ1) is 59.8. The number of hydrogen-bond acceptors (Lipinski definition) is 5. The number of aliphatic hydroxyl groups is 2. The maximum Gasteiger partial charge on any atom is 0.306 e. The van der Waals surface area contributed by atoms with E-state index in [-0.39, 0.29) is 24.9 Å². The first-order chi connectivity index (χ1) is 31.0. The number of rotatable bonds is 45. The monoisotopic (exact) mass is 876 g/mol. The van der Waals surface area contributed by atoms with Gasteiger partial charge in [0.1, 0.15) is 6.10 Å². The molecule has 0 aliphatic heterocycles. The Morgan fingerprint density at radius 1 is 0.492 bits per heavy atom. The third-order valence-corrected chi connectivity index (χ3v) is 11.2. The third kappa shape index (κ3) is 45.2. The normalized spacial score (nSPS) is 14.0. The Labute approximate surface area is 388 Å². The minimum absolute atomic E-state index is 0.0361. The van der Waals surface area contributed by atoms with Crippen LogP contribution in [0, 0.1) is 0 Å². The van der Waals surface area contributed by atoms with Gasteiger partial charge in [0.15, 0.2) is 0 Å². The molecule has 0 saturated carbocycles. The molecule has 0 bridgehead atoms. The molecule has 360 valence electrons. The van der Waals surface area contributed by atoms with Crippen molar-refractivity contribution in [2.24, 2.45) is 0 Å².